The largest absolute Gasteiger partial charge is 0.494 e. The average Bonchev–Trinajstić information content (AvgIpc) is 2.68. The van der Waals surface area contributed by atoms with Gasteiger partial charge in [0.1, 0.15) is 5.75 Å². The molecule has 0 radical (unpaired) electrons. The molecule has 3 rings (SSSR count). The van der Waals surface area contributed by atoms with Crippen molar-refractivity contribution in [3.05, 3.63) is 72.3 Å². The summed E-state index contributed by atoms with van der Waals surface area (Å²) in [6, 6.07) is 21.6. The van der Waals surface area contributed by atoms with Crippen LogP contribution in [0.3, 0.4) is 0 Å². The van der Waals surface area contributed by atoms with Crippen molar-refractivity contribution in [1.29, 1.82) is 0 Å². The van der Waals surface area contributed by atoms with E-state index >= 15 is 0 Å². The van der Waals surface area contributed by atoms with Gasteiger partial charge in [-0.25, -0.2) is 0 Å². The Morgan fingerprint density at radius 2 is 1.79 bits per heavy atom. The number of carbonyl (C=O) groups is 1. The third-order valence-electron chi connectivity index (χ3n) is 4.54. The average molecular weight is 407 g/mol. The molecule has 29 heavy (non-hydrogen) atoms. The Balaban J connectivity index is 1.55. The number of thiocarbonyl (C=S) groups is 1. The lowest BCUT2D eigenvalue weighted by Crippen LogP contribution is -2.35. The smallest absolute Gasteiger partial charge is 0.230 e. The van der Waals surface area contributed by atoms with Gasteiger partial charge in [0.2, 0.25) is 5.91 Å². The van der Waals surface area contributed by atoms with Crippen LogP contribution < -0.4 is 15.4 Å². The molecule has 3 aromatic rings. The molecular weight excluding hydrogens is 380 g/mol. The molecule has 0 aliphatic carbocycles. The highest BCUT2D eigenvalue weighted by Gasteiger charge is 2.09. The standard InChI is InChI=1S/C24H26N2O2S/c1-17(2)13-14-28-21-11-6-10-20(16-21)25-24(29)26-23(27)15-19-9-5-8-18-7-3-4-12-22(18)19/h3-12,16-17H,13-15H2,1-2H3,(H2,25,26,27,29). The van der Waals surface area contributed by atoms with E-state index in [2.05, 4.69) is 24.5 Å². The Hall–Kier alpha value is -2.92. The molecule has 3 aromatic carbocycles. The van der Waals surface area contributed by atoms with Crippen molar-refractivity contribution in [3.8, 4) is 5.75 Å². The lowest BCUT2D eigenvalue weighted by molar-refractivity contribution is -0.119. The zero-order valence-electron chi connectivity index (χ0n) is 16.8. The van der Waals surface area contributed by atoms with Crippen molar-refractivity contribution in [2.45, 2.75) is 26.7 Å². The number of ether oxygens (including phenoxy) is 1. The van der Waals surface area contributed by atoms with Crippen LogP contribution in [0, 0.1) is 5.92 Å². The van der Waals surface area contributed by atoms with Crippen LogP contribution in [-0.4, -0.2) is 17.6 Å². The number of carbonyl (C=O) groups excluding carboxylic acids is 1. The fourth-order valence-corrected chi connectivity index (χ4v) is 3.26. The first kappa shape index (κ1) is 20.8. The second kappa shape index (κ2) is 10.0. The van der Waals surface area contributed by atoms with Gasteiger partial charge in [0, 0.05) is 11.8 Å². The SMILES string of the molecule is CC(C)CCOc1cccc(NC(=S)NC(=O)Cc2cccc3ccccc23)c1. The molecular formula is C24H26N2O2S. The molecule has 0 fully saturated rings. The maximum absolute atomic E-state index is 12.5. The summed E-state index contributed by atoms with van der Waals surface area (Å²) in [5, 5.41) is 8.28. The minimum Gasteiger partial charge on any atom is -0.494 e. The summed E-state index contributed by atoms with van der Waals surface area (Å²) in [5.74, 6) is 1.23. The fraction of sp³-hybridized carbons (Fsp3) is 0.250. The van der Waals surface area contributed by atoms with Gasteiger partial charge in [-0.05, 0) is 53.0 Å². The van der Waals surface area contributed by atoms with Crippen LogP contribution in [0.2, 0.25) is 0 Å². The van der Waals surface area contributed by atoms with Crippen molar-refractivity contribution < 1.29 is 9.53 Å². The molecule has 0 spiro atoms. The van der Waals surface area contributed by atoms with Gasteiger partial charge in [-0.3, -0.25) is 4.79 Å². The maximum Gasteiger partial charge on any atom is 0.230 e. The second-order valence-electron chi connectivity index (χ2n) is 7.38. The van der Waals surface area contributed by atoms with Crippen LogP contribution >= 0.6 is 12.2 Å². The molecule has 1 amide bonds. The van der Waals surface area contributed by atoms with Crippen LogP contribution in [0.4, 0.5) is 5.69 Å². The van der Waals surface area contributed by atoms with E-state index in [0.29, 0.717) is 12.5 Å². The number of hydrogen-bond acceptors (Lipinski definition) is 3. The predicted octanol–water partition coefficient (Wildman–Crippen LogP) is 5.32. The van der Waals surface area contributed by atoms with Gasteiger partial charge in [0.25, 0.3) is 0 Å². The number of anilines is 1. The van der Waals surface area contributed by atoms with Crippen molar-refractivity contribution >= 4 is 39.7 Å². The normalized spacial score (nSPS) is 10.7. The molecule has 0 aliphatic heterocycles. The molecule has 0 saturated heterocycles. The zero-order chi connectivity index (χ0) is 20.6. The molecule has 5 heteroatoms. The quantitative estimate of drug-likeness (QED) is 0.521. The Bertz CT molecular complexity index is 996. The van der Waals surface area contributed by atoms with Crippen LogP contribution in [0.15, 0.2) is 66.7 Å². The highest BCUT2D eigenvalue weighted by atomic mass is 32.1. The van der Waals surface area contributed by atoms with E-state index in [1.807, 2.05) is 66.7 Å². The van der Waals surface area contributed by atoms with Gasteiger partial charge < -0.3 is 15.4 Å². The summed E-state index contributed by atoms with van der Waals surface area (Å²) in [6.07, 6.45) is 1.27. The zero-order valence-corrected chi connectivity index (χ0v) is 17.6. The Morgan fingerprint density at radius 1 is 1.03 bits per heavy atom. The topological polar surface area (TPSA) is 50.4 Å². The van der Waals surface area contributed by atoms with E-state index in [1.165, 1.54) is 0 Å². The first-order chi connectivity index (χ1) is 14.0. The number of fused-ring (bicyclic) bond motifs is 1. The van der Waals surface area contributed by atoms with Gasteiger partial charge >= 0.3 is 0 Å². The molecule has 0 unspecified atom stereocenters. The number of nitrogens with one attached hydrogen (secondary N) is 2. The molecule has 0 aromatic heterocycles. The van der Waals surface area contributed by atoms with Crippen molar-refractivity contribution in [1.82, 2.24) is 5.32 Å². The highest BCUT2D eigenvalue weighted by molar-refractivity contribution is 7.80. The van der Waals surface area contributed by atoms with Gasteiger partial charge in [-0.2, -0.15) is 0 Å². The molecule has 4 nitrogen and oxygen atoms in total. The molecule has 0 heterocycles. The molecule has 0 saturated carbocycles. The molecule has 0 aliphatic rings. The molecule has 0 bridgehead atoms. The molecule has 2 N–H and O–H groups in total. The summed E-state index contributed by atoms with van der Waals surface area (Å²) >= 11 is 5.31. The predicted molar refractivity (Wildman–Crippen MR) is 123 cm³/mol. The summed E-state index contributed by atoms with van der Waals surface area (Å²) in [4.78, 5) is 12.5. The first-order valence-corrected chi connectivity index (χ1v) is 10.2. The Labute approximate surface area is 177 Å². The van der Waals surface area contributed by atoms with Crippen LogP contribution in [0.5, 0.6) is 5.75 Å². The van der Waals surface area contributed by atoms with Crippen molar-refractivity contribution in [2.24, 2.45) is 5.92 Å². The van der Waals surface area contributed by atoms with Crippen LogP contribution in [0.1, 0.15) is 25.8 Å². The third kappa shape index (κ3) is 6.29. The van der Waals surface area contributed by atoms with E-state index in [9.17, 15) is 4.79 Å². The van der Waals surface area contributed by atoms with Crippen LogP contribution in [0.25, 0.3) is 10.8 Å². The van der Waals surface area contributed by atoms with E-state index in [0.717, 1.165) is 34.2 Å². The third-order valence-corrected chi connectivity index (χ3v) is 4.74. The summed E-state index contributed by atoms with van der Waals surface area (Å²) in [6.45, 7) is 5.01. The second-order valence-corrected chi connectivity index (χ2v) is 7.78. The summed E-state index contributed by atoms with van der Waals surface area (Å²) in [7, 11) is 0. The van der Waals surface area contributed by atoms with Crippen molar-refractivity contribution in [2.75, 3.05) is 11.9 Å². The number of rotatable bonds is 7. The Morgan fingerprint density at radius 3 is 2.62 bits per heavy atom. The Kier molecular flexibility index (Phi) is 7.19. The lowest BCUT2D eigenvalue weighted by Gasteiger charge is -2.12. The highest BCUT2D eigenvalue weighted by Crippen LogP contribution is 2.20. The molecule has 0 atom stereocenters. The first-order valence-electron chi connectivity index (χ1n) is 9.81. The van der Waals surface area contributed by atoms with Gasteiger partial charge in [0.05, 0.1) is 13.0 Å². The minimum atomic E-state index is -0.150. The maximum atomic E-state index is 12.5. The van der Waals surface area contributed by atoms with Crippen LogP contribution in [-0.2, 0) is 11.2 Å². The minimum absolute atomic E-state index is 0.150. The molecule has 150 valence electrons. The van der Waals surface area contributed by atoms with E-state index in [1.54, 1.807) is 0 Å². The lowest BCUT2D eigenvalue weighted by atomic mass is 10.0. The van der Waals surface area contributed by atoms with Gasteiger partial charge in [-0.1, -0.05) is 62.4 Å². The van der Waals surface area contributed by atoms with Gasteiger partial charge in [-0.15, -0.1) is 0 Å². The van der Waals surface area contributed by atoms with E-state index in [4.69, 9.17) is 17.0 Å². The number of amides is 1. The number of benzene rings is 3. The van der Waals surface area contributed by atoms with Gasteiger partial charge in [0.15, 0.2) is 5.11 Å². The van der Waals surface area contributed by atoms with Crippen molar-refractivity contribution in [3.63, 3.8) is 0 Å². The number of hydrogen-bond donors (Lipinski definition) is 2. The van der Waals surface area contributed by atoms with E-state index in [-0.39, 0.29) is 17.4 Å². The fourth-order valence-electron chi connectivity index (χ4n) is 3.03. The monoisotopic (exact) mass is 406 g/mol. The van der Waals surface area contributed by atoms with E-state index < -0.39 is 0 Å². The summed E-state index contributed by atoms with van der Waals surface area (Å²) < 4.78 is 5.77. The summed E-state index contributed by atoms with van der Waals surface area (Å²) in [5.41, 5.74) is 1.76.